The summed E-state index contributed by atoms with van der Waals surface area (Å²) in [5.74, 6) is 0. The van der Waals surface area contributed by atoms with Gasteiger partial charge in [0.2, 0.25) is 0 Å². The van der Waals surface area contributed by atoms with Gasteiger partial charge in [-0.3, -0.25) is 0 Å². The molecule has 3 heteroatoms. The van der Waals surface area contributed by atoms with Crippen LogP contribution in [0.25, 0.3) is 0 Å². The summed E-state index contributed by atoms with van der Waals surface area (Å²) in [6.45, 7) is -0.284. The second-order valence-corrected chi connectivity index (χ2v) is 1.08. The van der Waals surface area contributed by atoms with Crippen LogP contribution in [0.2, 0.25) is 0 Å². The van der Waals surface area contributed by atoms with Gasteiger partial charge in [-0.2, -0.15) is 0 Å². The van der Waals surface area contributed by atoms with Crippen molar-refractivity contribution in [2.45, 2.75) is 6.61 Å². The van der Waals surface area contributed by atoms with Crippen LogP contribution in [0.15, 0.2) is 12.5 Å². The Kier molecular flexibility index (Phi) is 0.617. The van der Waals surface area contributed by atoms with Crippen LogP contribution in [0, 0.1) is 0 Å². The zero-order valence-corrected chi connectivity index (χ0v) is 3.60. The first-order valence-corrected chi connectivity index (χ1v) is 1.87. The summed E-state index contributed by atoms with van der Waals surface area (Å²) in [6.07, 6.45) is -0.0634. The molecule has 0 amide bonds. The molecule has 2 N–H and O–H groups in total. The molecule has 0 atom stereocenters. The molecule has 0 bridgehead atoms. The van der Waals surface area contributed by atoms with Gasteiger partial charge in [-0.05, 0) is 0 Å². The topological polar surface area (TPSA) is 48.9 Å². The van der Waals surface area contributed by atoms with Crippen molar-refractivity contribution in [2.24, 2.45) is 0 Å². The van der Waals surface area contributed by atoms with Crippen molar-refractivity contribution >= 4 is 0 Å². The Morgan fingerprint density at radius 2 is 3.00 bits per heavy atom. The Hall–Kier alpha value is -0.830. The van der Waals surface area contributed by atoms with Crippen molar-refractivity contribution in [2.75, 3.05) is 0 Å². The van der Waals surface area contributed by atoms with E-state index >= 15 is 0 Å². The molecule has 0 aliphatic heterocycles. The first-order chi connectivity index (χ1) is 4.24. The molecule has 1 heterocycles. The number of aliphatic hydroxyl groups excluding tert-OH is 1. The van der Waals surface area contributed by atoms with Gasteiger partial charge in [0.25, 0.3) is 0 Å². The van der Waals surface area contributed by atoms with E-state index in [0.29, 0.717) is 0 Å². The lowest BCUT2D eigenvalue weighted by Crippen LogP contribution is -1.77. The quantitative estimate of drug-likeness (QED) is 0.517. The van der Waals surface area contributed by atoms with Crippen LogP contribution >= 0.6 is 0 Å². The van der Waals surface area contributed by atoms with Crippen LogP contribution < -0.4 is 0 Å². The van der Waals surface area contributed by atoms with E-state index in [1.807, 2.05) is 0 Å². The van der Waals surface area contributed by atoms with Gasteiger partial charge >= 0.3 is 0 Å². The van der Waals surface area contributed by atoms with E-state index < -0.39 is 0 Å². The summed E-state index contributed by atoms with van der Waals surface area (Å²) in [4.78, 5) is 5.82. The zero-order chi connectivity index (χ0) is 6.85. The number of H-pyrrole nitrogens is 1. The Morgan fingerprint density at radius 3 is 3.29 bits per heavy atom. The maximum absolute atomic E-state index is 8.45. The van der Waals surface area contributed by atoms with Crippen LogP contribution in [0.1, 0.15) is 8.44 Å². The minimum atomic E-state index is -0.284. The fourth-order valence-corrected chi connectivity index (χ4v) is 0.298. The van der Waals surface area contributed by atoms with Crippen molar-refractivity contribution in [3.05, 3.63) is 18.2 Å². The minimum Gasteiger partial charge on any atom is -0.390 e. The lowest BCUT2D eigenvalue weighted by molar-refractivity contribution is 0.277. The molecule has 3 nitrogen and oxygen atoms in total. The lowest BCUT2D eigenvalue weighted by Gasteiger charge is -1.77. The van der Waals surface area contributed by atoms with Crippen molar-refractivity contribution in [1.82, 2.24) is 9.97 Å². The Morgan fingerprint density at radius 1 is 2.14 bits per heavy atom. The lowest BCUT2D eigenvalue weighted by atomic mass is 10.5. The largest absolute Gasteiger partial charge is 0.390 e. The number of nitrogens with zero attached hydrogens (tertiary/aromatic N) is 1. The molecule has 1 rings (SSSR count). The third-order valence-electron chi connectivity index (χ3n) is 0.603. The van der Waals surface area contributed by atoms with Gasteiger partial charge in [-0.25, -0.2) is 4.98 Å². The number of rotatable bonds is 1. The van der Waals surface area contributed by atoms with E-state index in [1.165, 1.54) is 0 Å². The molecule has 1 aromatic heterocycles. The molecule has 0 aromatic carbocycles. The standard InChI is InChI=1S/C4H6N2O/c7-2-4-1-5-3-6-4/h1,3,7H,2H2,(H,5,6)/i1D,3D. The molecule has 38 valence electrons. The van der Waals surface area contributed by atoms with Gasteiger partial charge < -0.3 is 10.1 Å². The van der Waals surface area contributed by atoms with E-state index in [-0.39, 0.29) is 24.8 Å². The maximum atomic E-state index is 8.45. The first-order valence-electron chi connectivity index (χ1n) is 2.87. The van der Waals surface area contributed by atoms with Crippen LogP contribution in [0.3, 0.4) is 0 Å². The molecule has 1 aromatic rings. The summed E-state index contributed by atoms with van der Waals surface area (Å²) in [5.41, 5.74) is 0.222. The molecule has 0 spiro atoms. The van der Waals surface area contributed by atoms with Crippen LogP contribution in [0.5, 0.6) is 0 Å². The Balaban J connectivity index is 3.01. The van der Waals surface area contributed by atoms with Gasteiger partial charge in [0.15, 0.2) is 0 Å². The number of aliphatic hydroxyl groups is 1. The molecule has 0 saturated heterocycles. The zero-order valence-electron chi connectivity index (χ0n) is 5.60. The summed E-state index contributed by atoms with van der Waals surface area (Å²) in [6, 6.07) is 0. The number of aromatic amines is 1. The van der Waals surface area contributed by atoms with Crippen LogP contribution in [-0.4, -0.2) is 15.1 Å². The maximum Gasteiger partial charge on any atom is 0.104 e. The summed E-state index contributed by atoms with van der Waals surface area (Å²) in [7, 11) is 0. The highest BCUT2D eigenvalue weighted by Crippen LogP contribution is 1.86. The van der Waals surface area contributed by atoms with Crippen LogP contribution in [0.4, 0.5) is 0 Å². The first kappa shape index (κ1) is 2.47. The van der Waals surface area contributed by atoms with Gasteiger partial charge in [0.05, 0.1) is 20.0 Å². The predicted octanol–water partition coefficient (Wildman–Crippen LogP) is -0.0980. The van der Waals surface area contributed by atoms with Crippen molar-refractivity contribution in [1.29, 1.82) is 0 Å². The normalized spacial score (nSPS) is 13.3. The second-order valence-electron chi connectivity index (χ2n) is 1.08. The predicted molar refractivity (Wildman–Crippen MR) is 24.5 cm³/mol. The highest BCUT2D eigenvalue weighted by molar-refractivity contribution is 4.90. The fraction of sp³-hybridized carbons (Fsp3) is 0.250. The van der Waals surface area contributed by atoms with Gasteiger partial charge in [0, 0.05) is 6.17 Å². The summed E-state index contributed by atoms with van der Waals surface area (Å²) in [5, 5.41) is 8.45. The smallest absolute Gasteiger partial charge is 0.104 e. The van der Waals surface area contributed by atoms with Gasteiger partial charge in [-0.1, -0.05) is 0 Å². The average Bonchev–Trinajstić information content (AvgIpc) is 2.10. The van der Waals surface area contributed by atoms with Crippen molar-refractivity contribution in [3.63, 3.8) is 0 Å². The van der Waals surface area contributed by atoms with Crippen molar-refractivity contribution < 1.29 is 7.85 Å². The summed E-state index contributed by atoms with van der Waals surface area (Å²) >= 11 is 0. The molecule has 0 fully saturated rings. The molecule has 7 heavy (non-hydrogen) atoms. The highest BCUT2D eigenvalue weighted by atomic mass is 16.3. The van der Waals surface area contributed by atoms with E-state index in [0.717, 1.165) is 0 Å². The molecule has 0 radical (unpaired) electrons. The number of nitrogens with one attached hydrogen (secondary N) is 1. The average molecular weight is 100 g/mol. The van der Waals surface area contributed by atoms with Gasteiger partial charge in [0.1, 0.15) is 1.37 Å². The molecule has 0 aliphatic rings. The Labute approximate surface area is 43.8 Å². The van der Waals surface area contributed by atoms with E-state index in [9.17, 15) is 0 Å². The monoisotopic (exact) mass is 100 g/mol. The van der Waals surface area contributed by atoms with Crippen LogP contribution in [-0.2, 0) is 6.61 Å². The summed E-state index contributed by atoms with van der Waals surface area (Å²) < 4.78 is 13.9. The van der Waals surface area contributed by atoms with E-state index in [4.69, 9.17) is 7.85 Å². The highest BCUT2D eigenvalue weighted by Gasteiger charge is 1.84. The number of hydrogen-bond acceptors (Lipinski definition) is 2. The minimum absolute atomic E-state index is 0.0162. The molecule has 0 aliphatic carbocycles. The molecular weight excluding hydrogens is 92.1 g/mol. The number of aromatic nitrogens is 2. The third-order valence-corrected chi connectivity index (χ3v) is 0.603. The second kappa shape index (κ2) is 1.75. The van der Waals surface area contributed by atoms with E-state index in [1.54, 1.807) is 0 Å². The Bertz CT molecular complexity index is 210. The number of hydrogen-bond donors (Lipinski definition) is 2. The van der Waals surface area contributed by atoms with E-state index in [2.05, 4.69) is 9.97 Å². The van der Waals surface area contributed by atoms with Crippen molar-refractivity contribution in [3.8, 4) is 0 Å². The SMILES string of the molecule is [2H]c1nc(CO)c([2H])[nH]1. The molecular formula is C4H6N2O. The fourth-order valence-electron chi connectivity index (χ4n) is 0.298. The molecule has 0 saturated carbocycles. The molecule has 0 unspecified atom stereocenters. The third kappa shape index (κ3) is 0.778. The number of imidazole rings is 1. The van der Waals surface area contributed by atoms with Gasteiger partial charge in [-0.15, -0.1) is 0 Å².